The molecule has 0 saturated heterocycles. The predicted octanol–water partition coefficient (Wildman–Crippen LogP) is 1.33. The summed E-state index contributed by atoms with van der Waals surface area (Å²) >= 11 is 0. The fourth-order valence-corrected chi connectivity index (χ4v) is 1.70. The van der Waals surface area contributed by atoms with Gasteiger partial charge in [0.2, 0.25) is 5.88 Å². The maximum absolute atomic E-state index is 9.50. The van der Waals surface area contributed by atoms with E-state index in [2.05, 4.69) is 4.98 Å². The number of aromatic nitrogens is 1. The summed E-state index contributed by atoms with van der Waals surface area (Å²) in [6, 6.07) is 3.85. The van der Waals surface area contributed by atoms with Gasteiger partial charge < -0.3 is 9.84 Å². The van der Waals surface area contributed by atoms with E-state index in [1.54, 1.807) is 13.3 Å². The second-order valence-electron chi connectivity index (χ2n) is 3.35. The zero-order chi connectivity index (χ0) is 9.26. The quantitative estimate of drug-likeness (QED) is 0.744. The van der Waals surface area contributed by atoms with Gasteiger partial charge in [0.25, 0.3) is 0 Å². The average molecular weight is 179 g/mol. The smallest absolute Gasteiger partial charge is 0.216 e. The minimum Gasteiger partial charge on any atom is -0.481 e. The number of aliphatic hydroxyl groups excluding tert-OH is 1. The lowest BCUT2D eigenvalue weighted by Gasteiger charge is -2.32. The summed E-state index contributed by atoms with van der Waals surface area (Å²) in [7, 11) is 1.61. The fraction of sp³-hybridized carbons (Fsp3) is 0.500. The summed E-state index contributed by atoms with van der Waals surface area (Å²) in [6.45, 7) is 0. The molecule has 2 rings (SSSR count). The van der Waals surface area contributed by atoms with Gasteiger partial charge in [-0.2, -0.15) is 0 Å². The van der Waals surface area contributed by atoms with E-state index in [1.165, 1.54) is 0 Å². The standard InChI is InChI=1S/C10H13NO2/c1-13-10-8(3-2-6-11-10)7-4-5-9(7)12/h2-3,6-7,9,12H,4-5H2,1H3. The van der Waals surface area contributed by atoms with Gasteiger partial charge in [0.15, 0.2) is 0 Å². The maximum Gasteiger partial charge on any atom is 0.216 e. The van der Waals surface area contributed by atoms with Crippen LogP contribution in [-0.2, 0) is 0 Å². The summed E-state index contributed by atoms with van der Waals surface area (Å²) in [4.78, 5) is 4.10. The molecule has 0 amide bonds. The molecule has 2 unspecified atom stereocenters. The van der Waals surface area contributed by atoms with Crippen LogP contribution < -0.4 is 4.74 Å². The minimum absolute atomic E-state index is 0.210. The Labute approximate surface area is 77.4 Å². The number of nitrogens with zero attached hydrogens (tertiary/aromatic N) is 1. The maximum atomic E-state index is 9.50. The van der Waals surface area contributed by atoms with Crippen molar-refractivity contribution in [3.8, 4) is 5.88 Å². The Kier molecular flexibility index (Phi) is 2.19. The molecule has 2 atom stereocenters. The van der Waals surface area contributed by atoms with E-state index in [9.17, 15) is 5.11 Å². The highest BCUT2D eigenvalue weighted by Gasteiger charge is 2.32. The molecular formula is C10H13NO2. The molecule has 70 valence electrons. The summed E-state index contributed by atoms with van der Waals surface area (Å²) in [6.07, 6.45) is 3.41. The van der Waals surface area contributed by atoms with Crippen LogP contribution >= 0.6 is 0 Å². The van der Waals surface area contributed by atoms with Crippen molar-refractivity contribution in [2.75, 3.05) is 7.11 Å². The number of methoxy groups -OCH3 is 1. The van der Waals surface area contributed by atoms with Crippen LogP contribution in [0.5, 0.6) is 5.88 Å². The van der Waals surface area contributed by atoms with Gasteiger partial charge in [-0.15, -0.1) is 0 Å². The van der Waals surface area contributed by atoms with Crippen molar-refractivity contribution < 1.29 is 9.84 Å². The first-order valence-corrected chi connectivity index (χ1v) is 4.50. The molecule has 0 radical (unpaired) electrons. The third-order valence-electron chi connectivity index (χ3n) is 2.63. The number of hydrogen-bond acceptors (Lipinski definition) is 3. The third kappa shape index (κ3) is 1.40. The number of hydrogen-bond donors (Lipinski definition) is 1. The summed E-state index contributed by atoms with van der Waals surface area (Å²) < 4.78 is 5.13. The molecule has 3 nitrogen and oxygen atoms in total. The zero-order valence-electron chi connectivity index (χ0n) is 7.60. The van der Waals surface area contributed by atoms with Gasteiger partial charge in [-0.3, -0.25) is 0 Å². The molecule has 0 bridgehead atoms. The Bertz CT molecular complexity index is 301. The molecular weight excluding hydrogens is 166 g/mol. The molecule has 1 fully saturated rings. The first-order valence-electron chi connectivity index (χ1n) is 4.50. The van der Waals surface area contributed by atoms with Crippen LogP contribution in [0.15, 0.2) is 18.3 Å². The van der Waals surface area contributed by atoms with Crippen LogP contribution in [0.4, 0.5) is 0 Å². The normalized spacial score (nSPS) is 26.6. The molecule has 0 aromatic carbocycles. The summed E-state index contributed by atoms with van der Waals surface area (Å²) in [5, 5.41) is 9.50. The van der Waals surface area contributed by atoms with Gasteiger partial charge >= 0.3 is 0 Å². The molecule has 13 heavy (non-hydrogen) atoms. The largest absolute Gasteiger partial charge is 0.481 e. The monoisotopic (exact) mass is 179 g/mol. The molecule has 3 heteroatoms. The molecule has 1 heterocycles. The highest BCUT2D eigenvalue weighted by Crippen LogP contribution is 2.39. The van der Waals surface area contributed by atoms with Crippen molar-refractivity contribution in [3.05, 3.63) is 23.9 Å². The van der Waals surface area contributed by atoms with Crippen molar-refractivity contribution in [2.45, 2.75) is 24.9 Å². The van der Waals surface area contributed by atoms with Crippen molar-refractivity contribution >= 4 is 0 Å². The van der Waals surface area contributed by atoms with Crippen molar-refractivity contribution in [2.24, 2.45) is 0 Å². The van der Waals surface area contributed by atoms with Gasteiger partial charge in [0.1, 0.15) is 0 Å². The van der Waals surface area contributed by atoms with Crippen LogP contribution in [-0.4, -0.2) is 23.3 Å². The van der Waals surface area contributed by atoms with E-state index in [-0.39, 0.29) is 12.0 Å². The van der Waals surface area contributed by atoms with Gasteiger partial charge in [0, 0.05) is 17.7 Å². The second kappa shape index (κ2) is 3.34. The zero-order valence-corrected chi connectivity index (χ0v) is 7.60. The van der Waals surface area contributed by atoms with Crippen LogP contribution in [0.2, 0.25) is 0 Å². The summed E-state index contributed by atoms with van der Waals surface area (Å²) in [5.74, 6) is 0.870. The van der Waals surface area contributed by atoms with Crippen molar-refractivity contribution in [1.29, 1.82) is 0 Å². The first-order chi connectivity index (χ1) is 6.33. The van der Waals surface area contributed by atoms with E-state index < -0.39 is 0 Å². The lowest BCUT2D eigenvalue weighted by atomic mass is 9.77. The van der Waals surface area contributed by atoms with Crippen LogP contribution in [0.1, 0.15) is 24.3 Å². The van der Waals surface area contributed by atoms with E-state index in [0.29, 0.717) is 5.88 Å². The van der Waals surface area contributed by atoms with Crippen LogP contribution in [0.25, 0.3) is 0 Å². The first kappa shape index (κ1) is 8.51. The number of pyridine rings is 1. The molecule has 1 aliphatic rings. The lowest BCUT2D eigenvalue weighted by molar-refractivity contribution is 0.0646. The summed E-state index contributed by atoms with van der Waals surface area (Å²) in [5.41, 5.74) is 1.03. The van der Waals surface area contributed by atoms with E-state index in [4.69, 9.17) is 4.74 Å². The van der Waals surface area contributed by atoms with Crippen LogP contribution in [0.3, 0.4) is 0 Å². The van der Waals surface area contributed by atoms with E-state index in [1.807, 2.05) is 12.1 Å². The molecule has 1 aromatic rings. The Balaban J connectivity index is 2.28. The Morgan fingerprint density at radius 2 is 2.38 bits per heavy atom. The highest BCUT2D eigenvalue weighted by atomic mass is 16.5. The van der Waals surface area contributed by atoms with Gasteiger partial charge in [-0.25, -0.2) is 4.98 Å². The molecule has 1 aliphatic carbocycles. The number of rotatable bonds is 2. The van der Waals surface area contributed by atoms with Crippen molar-refractivity contribution in [1.82, 2.24) is 4.98 Å². The average Bonchev–Trinajstić information content (AvgIpc) is 2.16. The molecule has 1 N–H and O–H groups in total. The Morgan fingerprint density at radius 1 is 1.54 bits per heavy atom. The Morgan fingerprint density at radius 3 is 2.92 bits per heavy atom. The molecule has 0 spiro atoms. The second-order valence-corrected chi connectivity index (χ2v) is 3.35. The van der Waals surface area contributed by atoms with Gasteiger partial charge in [-0.1, -0.05) is 6.07 Å². The number of aliphatic hydroxyl groups is 1. The highest BCUT2D eigenvalue weighted by molar-refractivity contribution is 5.31. The topological polar surface area (TPSA) is 42.4 Å². The predicted molar refractivity (Wildman–Crippen MR) is 48.8 cm³/mol. The Hall–Kier alpha value is -1.09. The third-order valence-corrected chi connectivity index (χ3v) is 2.63. The lowest BCUT2D eigenvalue weighted by Crippen LogP contribution is -2.29. The van der Waals surface area contributed by atoms with E-state index >= 15 is 0 Å². The van der Waals surface area contributed by atoms with E-state index in [0.717, 1.165) is 18.4 Å². The van der Waals surface area contributed by atoms with Gasteiger partial charge in [-0.05, 0) is 18.9 Å². The fourth-order valence-electron chi connectivity index (χ4n) is 1.70. The molecule has 1 aromatic heterocycles. The molecule has 1 saturated carbocycles. The number of ether oxygens (including phenoxy) is 1. The minimum atomic E-state index is -0.210. The van der Waals surface area contributed by atoms with Gasteiger partial charge in [0.05, 0.1) is 13.2 Å². The van der Waals surface area contributed by atoms with Crippen molar-refractivity contribution in [3.63, 3.8) is 0 Å². The SMILES string of the molecule is COc1ncccc1C1CCC1O. The van der Waals surface area contributed by atoms with Crippen LogP contribution in [0, 0.1) is 0 Å². The molecule has 0 aliphatic heterocycles.